The second-order valence-corrected chi connectivity index (χ2v) is 9.33. The van der Waals surface area contributed by atoms with Gasteiger partial charge in [-0.15, -0.1) is 0 Å². The average molecular weight is 423 g/mol. The lowest BCUT2D eigenvalue weighted by atomic mass is 9.99. The summed E-state index contributed by atoms with van der Waals surface area (Å²) in [5.41, 5.74) is 0.330. The number of amides is 1. The topological polar surface area (TPSA) is 80.6 Å². The van der Waals surface area contributed by atoms with Gasteiger partial charge in [0, 0.05) is 20.1 Å². The molecule has 0 spiro atoms. The number of aliphatic hydroxyl groups is 1. The molecule has 0 aromatic heterocycles. The molecular formula is C21H30N2O5S. The molecule has 8 heteroatoms. The maximum Gasteiger partial charge on any atom is 0.416 e. The smallest absolute Gasteiger partial charge is 0.416 e. The second kappa shape index (κ2) is 9.47. The predicted molar refractivity (Wildman–Crippen MR) is 113 cm³/mol. The predicted octanol–water partition coefficient (Wildman–Crippen LogP) is 3.41. The minimum Gasteiger partial charge on any atom is -0.443 e. The van der Waals surface area contributed by atoms with E-state index in [9.17, 15) is 9.90 Å². The Morgan fingerprint density at radius 1 is 1.34 bits per heavy atom. The van der Waals surface area contributed by atoms with Crippen molar-refractivity contribution in [1.29, 1.82) is 0 Å². The number of carbonyl (C=O) groups excluding carboxylic acids is 1. The summed E-state index contributed by atoms with van der Waals surface area (Å²) in [5, 5.41) is 10.0. The number of carbonyl (C=O) groups is 1. The van der Waals surface area contributed by atoms with Gasteiger partial charge >= 0.3 is 6.09 Å². The van der Waals surface area contributed by atoms with E-state index in [1.165, 1.54) is 16.7 Å². The van der Waals surface area contributed by atoms with Crippen molar-refractivity contribution in [3.63, 3.8) is 0 Å². The van der Waals surface area contributed by atoms with Gasteiger partial charge in [0.15, 0.2) is 5.17 Å². The second-order valence-electron chi connectivity index (χ2n) is 8.26. The first-order chi connectivity index (χ1) is 13.8. The van der Waals surface area contributed by atoms with Gasteiger partial charge in [-0.05, 0) is 32.8 Å². The van der Waals surface area contributed by atoms with Crippen molar-refractivity contribution in [3.05, 3.63) is 35.9 Å². The molecule has 1 N–H and O–H groups in total. The van der Waals surface area contributed by atoms with Gasteiger partial charge in [-0.2, -0.15) is 0 Å². The number of amidine groups is 1. The largest absolute Gasteiger partial charge is 0.443 e. The lowest BCUT2D eigenvalue weighted by molar-refractivity contribution is -0.131. The van der Waals surface area contributed by atoms with Crippen LogP contribution in [0.15, 0.2) is 35.3 Å². The van der Waals surface area contributed by atoms with E-state index in [0.29, 0.717) is 24.6 Å². The molecule has 0 unspecified atom stereocenters. The normalized spacial score (nSPS) is 26.6. The van der Waals surface area contributed by atoms with Crippen molar-refractivity contribution in [3.8, 4) is 0 Å². The minimum atomic E-state index is -0.568. The van der Waals surface area contributed by atoms with Crippen LogP contribution in [0.2, 0.25) is 0 Å². The first-order valence-electron chi connectivity index (χ1n) is 9.90. The Balaban J connectivity index is 1.64. The standard InChI is InChI=1S/C21H30N2O5S/c1-21(2,3)28-20(25)23(4)19-22-15-12-17(16(10-11-24)27-18(15)29-19)26-13-14-8-6-5-7-9-14/h5-9,15-18,24H,10-13H2,1-4H3/t15-,16-,17+,18-/m1/s1. The fourth-order valence-electron chi connectivity index (χ4n) is 3.26. The van der Waals surface area contributed by atoms with Crippen LogP contribution < -0.4 is 0 Å². The van der Waals surface area contributed by atoms with E-state index in [1.807, 2.05) is 51.1 Å². The molecule has 1 aromatic carbocycles. The SMILES string of the molecule is CN(C(=O)OC(C)(C)C)C1=N[C@@H]2C[C@H](OCc3ccccc3)[C@@H](CCO)O[C@@H]2S1. The Morgan fingerprint density at radius 3 is 2.72 bits per heavy atom. The van der Waals surface area contributed by atoms with E-state index in [1.54, 1.807) is 7.05 Å². The number of thioether (sulfide) groups is 1. The highest BCUT2D eigenvalue weighted by molar-refractivity contribution is 8.14. The zero-order chi connectivity index (χ0) is 21.0. The fourth-order valence-corrected chi connectivity index (χ4v) is 4.42. The van der Waals surface area contributed by atoms with Gasteiger partial charge in [0.25, 0.3) is 0 Å². The summed E-state index contributed by atoms with van der Waals surface area (Å²) in [6.45, 7) is 6.01. The third-order valence-corrected chi connectivity index (χ3v) is 5.93. The number of benzene rings is 1. The van der Waals surface area contributed by atoms with Crippen LogP contribution in [0.3, 0.4) is 0 Å². The lowest BCUT2D eigenvalue weighted by Gasteiger charge is -2.37. The van der Waals surface area contributed by atoms with Crippen molar-refractivity contribution >= 4 is 23.0 Å². The van der Waals surface area contributed by atoms with Gasteiger partial charge in [-0.25, -0.2) is 4.79 Å². The number of aliphatic hydroxyl groups excluding tert-OH is 1. The number of hydrogen-bond acceptors (Lipinski definition) is 7. The van der Waals surface area contributed by atoms with Crippen LogP contribution in [0, 0.1) is 0 Å². The van der Waals surface area contributed by atoms with Crippen LogP contribution in [-0.2, 0) is 20.8 Å². The Morgan fingerprint density at radius 2 is 2.07 bits per heavy atom. The third-order valence-electron chi connectivity index (χ3n) is 4.68. The summed E-state index contributed by atoms with van der Waals surface area (Å²) >= 11 is 1.42. The Kier molecular flexibility index (Phi) is 7.21. The molecule has 2 aliphatic rings. The highest BCUT2D eigenvalue weighted by Gasteiger charge is 2.44. The van der Waals surface area contributed by atoms with Crippen molar-refractivity contribution in [2.24, 2.45) is 4.99 Å². The highest BCUT2D eigenvalue weighted by Crippen LogP contribution is 2.39. The van der Waals surface area contributed by atoms with Crippen molar-refractivity contribution in [2.75, 3.05) is 13.7 Å². The molecule has 0 radical (unpaired) electrons. The van der Waals surface area contributed by atoms with E-state index < -0.39 is 11.7 Å². The maximum absolute atomic E-state index is 12.4. The van der Waals surface area contributed by atoms with E-state index >= 15 is 0 Å². The van der Waals surface area contributed by atoms with Crippen molar-refractivity contribution < 1.29 is 24.1 Å². The molecule has 1 saturated heterocycles. The third kappa shape index (κ3) is 5.94. The molecule has 3 rings (SSSR count). The lowest BCUT2D eigenvalue weighted by Crippen LogP contribution is -2.45. The Hall–Kier alpha value is -1.61. The van der Waals surface area contributed by atoms with E-state index in [-0.39, 0.29) is 30.3 Å². The van der Waals surface area contributed by atoms with Crippen molar-refractivity contribution in [1.82, 2.24) is 4.90 Å². The molecule has 0 saturated carbocycles. The molecule has 1 amide bonds. The zero-order valence-corrected chi connectivity index (χ0v) is 18.2. The van der Waals surface area contributed by atoms with Crippen LogP contribution in [0.5, 0.6) is 0 Å². The van der Waals surface area contributed by atoms with E-state index in [2.05, 4.69) is 0 Å². The molecule has 0 aliphatic carbocycles. The summed E-state index contributed by atoms with van der Waals surface area (Å²) in [6.07, 6.45) is 0.366. The number of rotatable bonds is 5. The molecule has 1 fully saturated rings. The summed E-state index contributed by atoms with van der Waals surface area (Å²) < 4.78 is 17.8. The summed E-state index contributed by atoms with van der Waals surface area (Å²) in [4.78, 5) is 18.5. The monoisotopic (exact) mass is 422 g/mol. The quantitative estimate of drug-likeness (QED) is 0.783. The molecule has 29 heavy (non-hydrogen) atoms. The number of nitrogens with zero attached hydrogens (tertiary/aromatic N) is 2. The highest BCUT2D eigenvalue weighted by atomic mass is 32.2. The zero-order valence-electron chi connectivity index (χ0n) is 17.4. The average Bonchev–Trinajstić information content (AvgIpc) is 3.08. The van der Waals surface area contributed by atoms with Gasteiger partial charge in [0.2, 0.25) is 0 Å². The summed E-state index contributed by atoms with van der Waals surface area (Å²) in [7, 11) is 1.66. The van der Waals surface area contributed by atoms with Crippen molar-refractivity contribution in [2.45, 2.75) is 69.5 Å². The van der Waals surface area contributed by atoms with Gasteiger partial charge in [-0.3, -0.25) is 9.89 Å². The maximum atomic E-state index is 12.4. The summed E-state index contributed by atoms with van der Waals surface area (Å²) in [6, 6.07) is 9.87. The van der Waals surface area contributed by atoms with Gasteiger partial charge < -0.3 is 19.3 Å². The van der Waals surface area contributed by atoms with E-state index in [0.717, 1.165) is 5.56 Å². The van der Waals surface area contributed by atoms with Gasteiger partial charge in [0.1, 0.15) is 11.0 Å². The molecule has 160 valence electrons. The number of hydrogen-bond donors (Lipinski definition) is 1. The molecule has 2 aliphatic heterocycles. The number of aliphatic imine (C=N–C) groups is 1. The molecule has 1 aromatic rings. The molecule has 0 bridgehead atoms. The molecule has 4 atom stereocenters. The fraction of sp³-hybridized carbons (Fsp3) is 0.619. The van der Waals surface area contributed by atoms with Crippen LogP contribution >= 0.6 is 11.8 Å². The number of ether oxygens (including phenoxy) is 3. The van der Waals surface area contributed by atoms with Gasteiger partial charge in [0.05, 0.1) is 24.9 Å². The van der Waals surface area contributed by atoms with Crippen LogP contribution in [0.25, 0.3) is 0 Å². The minimum absolute atomic E-state index is 0.0312. The van der Waals surface area contributed by atoms with E-state index in [4.69, 9.17) is 19.2 Å². The summed E-state index contributed by atoms with van der Waals surface area (Å²) in [5.74, 6) is 0. The Labute approximate surface area is 176 Å². The van der Waals surface area contributed by atoms with Crippen LogP contribution in [-0.4, -0.2) is 64.2 Å². The van der Waals surface area contributed by atoms with Crippen LogP contribution in [0.4, 0.5) is 4.79 Å². The number of fused-ring (bicyclic) bond motifs is 1. The molecule has 7 nitrogen and oxygen atoms in total. The Bertz CT molecular complexity index is 722. The first-order valence-corrected chi connectivity index (χ1v) is 10.8. The van der Waals surface area contributed by atoms with Crippen LogP contribution in [0.1, 0.15) is 39.2 Å². The first kappa shape index (κ1) is 22.1. The van der Waals surface area contributed by atoms with Gasteiger partial charge in [-0.1, -0.05) is 42.1 Å². The molecular weight excluding hydrogens is 392 g/mol. The molecule has 2 heterocycles.